The van der Waals surface area contributed by atoms with E-state index in [9.17, 15) is 14.4 Å². The molecule has 3 heterocycles. The van der Waals surface area contributed by atoms with Crippen LogP contribution in [0.5, 0.6) is 5.75 Å². The number of amides is 1. The normalized spacial score (nSPS) is 22.8. The average molecular weight is 624 g/mol. The van der Waals surface area contributed by atoms with Crippen molar-refractivity contribution in [2.24, 2.45) is 5.92 Å². The summed E-state index contributed by atoms with van der Waals surface area (Å²) in [5.41, 5.74) is 2.29. The molecular weight excluding hydrogens is 595 g/mol. The van der Waals surface area contributed by atoms with Gasteiger partial charge in [-0.2, -0.15) is 0 Å². The topological polar surface area (TPSA) is 75.7 Å². The number of para-hydroxylation sites is 1. The Balaban J connectivity index is 1.48. The molecule has 1 fully saturated rings. The number of nitrogens with one attached hydrogen (secondary N) is 1. The Kier molecular flexibility index (Phi) is 7.07. The van der Waals surface area contributed by atoms with Crippen LogP contribution in [0.4, 0.5) is 5.69 Å². The van der Waals surface area contributed by atoms with Crippen molar-refractivity contribution in [3.05, 3.63) is 135 Å². The van der Waals surface area contributed by atoms with Gasteiger partial charge in [-0.25, -0.2) is 0 Å². The maximum Gasteiger partial charge on any atom is 0.238 e. The molecule has 0 radical (unpaired) electrons. The Morgan fingerprint density at radius 3 is 2.45 bits per heavy atom. The number of nitrogens with zero attached hydrogens (tertiary/aromatic N) is 1. The lowest BCUT2D eigenvalue weighted by Crippen LogP contribution is -2.49. The van der Waals surface area contributed by atoms with Gasteiger partial charge in [0.2, 0.25) is 5.91 Å². The number of benzene rings is 4. The number of carbonyl (C=O) groups excluding carboxylic acids is 3. The molecule has 7 rings (SSSR count). The lowest BCUT2D eigenvalue weighted by atomic mass is 9.62. The molecule has 44 heavy (non-hydrogen) atoms. The summed E-state index contributed by atoms with van der Waals surface area (Å²) in [6.45, 7) is 2.57. The first kappa shape index (κ1) is 28.4. The molecule has 220 valence electrons. The number of hydrogen-bond acceptors (Lipinski definition) is 5. The van der Waals surface area contributed by atoms with Crippen LogP contribution in [0.25, 0.3) is 6.08 Å². The minimum atomic E-state index is -1.43. The van der Waals surface area contributed by atoms with Crippen molar-refractivity contribution >= 4 is 52.4 Å². The van der Waals surface area contributed by atoms with E-state index >= 15 is 0 Å². The van der Waals surface area contributed by atoms with Crippen LogP contribution in [0.3, 0.4) is 0 Å². The van der Waals surface area contributed by atoms with E-state index in [2.05, 4.69) is 5.32 Å². The van der Waals surface area contributed by atoms with Crippen molar-refractivity contribution in [3.63, 3.8) is 0 Å². The van der Waals surface area contributed by atoms with Crippen molar-refractivity contribution in [2.75, 3.05) is 11.9 Å². The van der Waals surface area contributed by atoms with Gasteiger partial charge >= 0.3 is 0 Å². The summed E-state index contributed by atoms with van der Waals surface area (Å²) in [6.07, 6.45) is 4.61. The Bertz CT molecular complexity index is 1850. The lowest BCUT2D eigenvalue weighted by Gasteiger charge is -2.38. The second-order valence-corrected chi connectivity index (χ2v) is 12.2. The molecule has 0 aromatic heterocycles. The minimum Gasteiger partial charge on any atom is -0.494 e. The summed E-state index contributed by atoms with van der Waals surface area (Å²) in [7, 11) is 0. The third-order valence-electron chi connectivity index (χ3n) is 8.93. The van der Waals surface area contributed by atoms with Crippen LogP contribution in [0.1, 0.15) is 56.8 Å². The maximum absolute atomic E-state index is 15.0. The molecule has 1 saturated heterocycles. The second-order valence-electron chi connectivity index (χ2n) is 11.3. The molecule has 3 aliphatic rings. The molecular formula is C36H28Cl2N2O4. The van der Waals surface area contributed by atoms with Crippen molar-refractivity contribution in [1.29, 1.82) is 0 Å². The number of ether oxygens (including phenoxy) is 1. The van der Waals surface area contributed by atoms with Crippen LogP contribution in [-0.4, -0.2) is 35.0 Å². The molecule has 4 aromatic carbocycles. The smallest absolute Gasteiger partial charge is 0.238 e. The fraction of sp³-hybridized carbons (Fsp3) is 0.194. The Hall–Kier alpha value is -4.39. The summed E-state index contributed by atoms with van der Waals surface area (Å²) in [5, 5.41) is 3.64. The van der Waals surface area contributed by atoms with Gasteiger partial charge in [0.05, 0.1) is 23.6 Å². The first-order valence-corrected chi connectivity index (χ1v) is 15.3. The van der Waals surface area contributed by atoms with Gasteiger partial charge in [-0.15, -0.1) is 0 Å². The van der Waals surface area contributed by atoms with Crippen LogP contribution in [0.2, 0.25) is 10.0 Å². The van der Waals surface area contributed by atoms with E-state index in [0.29, 0.717) is 34.2 Å². The summed E-state index contributed by atoms with van der Waals surface area (Å²) in [4.78, 5) is 46.1. The minimum absolute atomic E-state index is 0.182. The van der Waals surface area contributed by atoms with Crippen molar-refractivity contribution in [1.82, 2.24) is 4.90 Å². The highest BCUT2D eigenvalue weighted by Crippen LogP contribution is 2.62. The van der Waals surface area contributed by atoms with Crippen LogP contribution in [-0.2, 0) is 10.2 Å². The predicted molar refractivity (Wildman–Crippen MR) is 171 cm³/mol. The molecule has 6 nitrogen and oxygen atoms in total. The quantitative estimate of drug-likeness (QED) is 0.213. The number of rotatable bonds is 7. The molecule has 1 spiro atoms. The monoisotopic (exact) mass is 622 g/mol. The molecule has 0 bridgehead atoms. The van der Waals surface area contributed by atoms with Gasteiger partial charge in [0, 0.05) is 28.0 Å². The predicted octanol–water partition coefficient (Wildman–Crippen LogP) is 7.76. The van der Waals surface area contributed by atoms with E-state index in [1.807, 2.05) is 72.6 Å². The van der Waals surface area contributed by atoms with Crippen molar-refractivity contribution in [2.45, 2.75) is 30.8 Å². The highest BCUT2D eigenvalue weighted by Gasteiger charge is 2.70. The third kappa shape index (κ3) is 4.20. The Labute approximate surface area is 265 Å². The maximum atomic E-state index is 15.0. The highest BCUT2D eigenvalue weighted by molar-refractivity contribution is 6.37. The van der Waals surface area contributed by atoms with Gasteiger partial charge in [0.25, 0.3) is 0 Å². The standard InChI is InChI=1S/C36H28Cl2N2O4/c1-2-19-44-24-14-11-22(12-15-24)32(41)30-31(33(42)26-16-13-23(37)20-28(26)38)40-18-17-21-7-3-4-8-25(21)34(40)36(30)27-9-5-6-10-29(27)39-35(36)43/h3-18,20,30-31,34H,2,19H2,1H3,(H,39,43)/t30-,31+,34-,36-/m0/s1. The molecule has 4 atom stereocenters. The van der Waals surface area contributed by atoms with E-state index in [0.717, 1.165) is 17.5 Å². The fourth-order valence-electron chi connectivity index (χ4n) is 7.13. The number of ketones is 2. The van der Waals surface area contributed by atoms with Crippen molar-refractivity contribution in [3.8, 4) is 5.75 Å². The van der Waals surface area contributed by atoms with Gasteiger partial charge in [-0.1, -0.05) is 72.6 Å². The van der Waals surface area contributed by atoms with Crippen LogP contribution < -0.4 is 10.1 Å². The third-order valence-corrected chi connectivity index (χ3v) is 9.48. The fourth-order valence-corrected chi connectivity index (χ4v) is 7.63. The zero-order valence-corrected chi connectivity index (χ0v) is 25.3. The first-order valence-electron chi connectivity index (χ1n) is 14.6. The summed E-state index contributed by atoms with van der Waals surface area (Å²) < 4.78 is 5.76. The van der Waals surface area contributed by atoms with E-state index in [1.54, 1.807) is 36.4 Å². The van der Waals surface area contributed by atoms with Crippen LogP contribution in [0.15, 0.2) is 97.2 Å². The summed E-state index contributed by atoms with van der Waals surface area (Å²) in [6, 6.07) is 25.2. The molecule has 4 aromatic rings. The molecule has 0 saturated carbocycles. The Morgan fingerprint density at radius 1 is 0.932 bits per heavy atom. The summed E-state index contributed by atoms with van der Waals surface area (Å²) in [5.74, 6) is -1.46. The molecule has 8 heteroatoms. The van der Waals surface area contributed by atoms with Crippen molar-refractivity contribution < 1.29 is 19.1 Å². The highest BCUT2D eigenvalue weighted by atomic mass is 35.5. The number of halogens is 2. The molecule has 0 aliphatic carbocycles. The molecule has 1 amide bonds. The zero-order chi connectivity index (χ0) is 30.6. The van der Waals surface area contributed by atoms with E-state index < -0.39 is 23.4 Å². The van der Waals surface area contributed by atoms with Crippen LogP contribution in [0, 0.1) is 5.92 Å². The zero-order valence-electron chi connectivity index (χ0n) is 23.8. The average Bonchev–Trinajstić information content (AvgIpc) is 3.51. The van der Waals surface area contributed by atoms with Crippen LogP contribution >= 0.6 is 23.2 Å². The first-order chi connectivity index (χ1) is 21.4. The SMILES string of the molecule is CCCOc1ccc(C(=O)[C@@H]2[C@H](C(=O)c3ccc(Cl)cc3Cl)N3C=Cc4ccccc4[C@H]3[C@@]23C(=O)Nc2ccccc23)cc1. The van der Waals surface area contributed by atoms with E-state index in [4.69, 9.17) is 27.9 Å². The molecule has 3 aliphatic heterocycles. The van der Waals surface area contributed by atoms with Gasteiger partial charge in [-0.3, -0.25) is 14.4 Å². The van der Waals surface area contributed by atoms with E-state index in [1.165, 1.54) is 6.07 Å². The van der Waals surface area contributed by atoms with E-state index in [-0.39, 0.29) is 28.1 Å². The second kappa shape index (κ2) is 11.0. The molecule has 1 N–H and O–H groups in total. The number of hydrogen-bond donors (Lipinski definition) is 1. The van der Waals surface area contributed by atoms with Gasteiger partial charge in [0.15, 0.2) is 11.6 Å². The number of fused-ring (bicyclic) bond motifs is 6. The van der Waals surface area contributed by atoms with Gasteiger partial charge in [0.1, 0.15) is 17.2 Å². The number of carbonyl (C=O) groups is 3. The Morgan fingerprint density at radius 2 is 1.68 bits per heavy atom. The van der Waals surface area contributed by atoms with Gasteiger partial charge < -0.3 is 15.0 Å². The lowest BCUT2D eigenvalue weighted by molar-refractivity contribution is -0.122. The number of Topliss-reactive ketones (excluding diaryl/α,β-unsaturated/α-hetero) is 2. The summed E-state index contributed by atoms with van der Waals surface area (Å²) >= 11 is 12.8. The largest absolute Gasteiger partial charge is 0.494 e. The molecule has 0 unspecified atom stereocenters. The number of anilines is 1. The van der Waals surface area contributed by atoms with Gasteiger partial charge in [-0.05, 0) is 77.7 Å².